The van der Waals surface area contributed by atoms with E-state index in [9.17, 15) is 9.59 Å². The molecule has 4 heterocycles. The highest BCUT2D eigenvalue weighted by Gasteiger charge is 2.20. The predicted molar refractivity (Wildman–Crippen MR) is 90.4 cm³/mol. The van der Waals surface area contributed by atoms with Gasteiger partial charge in [0.2, 0.25) is 5.43 Å². The fraction of sp³-hybridized carbons (Fsp3) is 0.375. The van der Waals surface area contributed by atoms with Gasteiger partial charge in [-0.15, -0.1) is 0 Å². The summed E-state index contributed by atoms with van der Waals surface area (Å²) in [5, 5.41) is 11.4. The summed E-state index contributed by atoms with van der Waals surface area (Å²) in [6.45, 7) is 2.12. The molecule has 0 bridgehead atoms. The van der Waals surface area contributed by atoms with Crippen molar-refractivity contribution in [1.82, 2.24) is 24.5 Å². The number of pyridine rings is 1. The van der Waals surface area contributed by atoms with Gasteiger partial charge in [-0.25, -0.2) is 4.68 Å². The molecule has 9 heteroatoms. The molecule has 1 atom stereocenters. The highest BCUT2D eigenvalue weighted by atomic mass is 16.5. The topological polar surface area (TPSA) is 107 Å². The van der Waals surface area contributed by atoms with E-state index in [1.807, 2.05) is 0 Å². The Morgan fingerprint density at radius 2 is 2.36 bits per heavy atom. The molecule has 130 valence electrons. The number of carbonyl (C=O) groups excluding carboxylic acids is 1. The van der Waals surface area contributed by atoms with Crippen LogP contribution in [0.4, 0.5) is 5.82 Å². The molecule has 25 heavy (non-hydrogen) atoms. The maximum atomic E-state index is 12.5. The standard InChI is InChI=1S/C16H18N6O3/c1-21-15-11(7-19-21)14(23)12(6-17-15)16(24)20-13-2-4-18-22(13)8-10-3-5-25-9-10/h2,4,6-7,10H,3,5,8-9H2,1H3,(H,17,23)(H,20,24). The smallest absolute Gasteiger partial charge is 0.262 e. The van der Waals surface area contributed by atoms with Crippen LogP contribution < -0.4 is 10.7 Å². The second kappa shape index (κ2) is 6.17. The molecule has 2 N–H and O–H groups in total. The summed E-state index contributed by atoms with van der Waals surface area (Å²) in [6.07, 6.45) is 5.47. The second-order valence-corrected chi connectivity index (χ2v) is 6.14. The van der Waals surface area contributed by atoms with Gasteiger partial charge in [-0.1, -0.05) is 0 Å². The summed E-state index contributed by atoms with van der Waals surface area (Å²) >= 11 is 0. The third-order valence-corrected chi connectivity index (χ3v) is 4.44. The molecular weight excluding hydrogens is 324 g/mol. The van der Waals surface area contributed by atoms with Crippen molar-refractivity contribution >= 4 is 22.8 Å². The van der Waals surface area contributed by atoms with Crippen LogP contribution in [0.3, 0.4) is 0 Å². The first kappa shape index (κ1) is 15.6. The van der Waals surface area contributed by atoms with Gasteiger partial charge in [0.25, 0.3) is 5.91 Å². The SMILES string of the molecule is Cn1ncc2c(=O)c(C(=O)Nc3ccnn3CC3CCOC3)c[nH]c21. The van der Waals surface area contributed by atoms with Crippen LogP contribution in [0.2, 0.25) is 0 Å². The summed E-state index contributed by atoms with van der Waals surface area (Å²) in [5.74, 6) is 0.463. The lowest BCUT2D eigenvalue weighted by Gasteiger charge is -2.12. The van der Waals surface area contributed by atoms with E-state index in [-0.39, 0.29) is 11.0 Å². The van der Waals surface area contributed by atoms with E-state index >= 15 is 0 Å². The van der Waals surface area contributed by atoms with Crippen LogP contribution in [0, 0.1) is 5.92 Å². The number of aryl methyl sites for hydroxylation is 1. The largest absolute Gasteiger partial charge is 0.381 e. The van der Waals surface area contributed by atoms with Gasteiger partial charge in [-0.05, 0) is 6.42 Å². The fourth-order valence-electron chi connectivity index (χ4n) is 3.03. The van der Waals surface area contributed by atoms with E-state index < -0.39 is 5.91 Å². The van der Waals surface area contributed by atoms with Crippen molar-refractivity contribution in [3.63, 3.8) is 0 Å². The molecule has 3 aromatic rings. The van der Waals surface area contributed by atoms with Gasteiger partial charge in [-0.2, -0.15) is 10.2 Å². The lowest BCUT2D eigenvalue weighted by molar-refractivity contribution is 0.102. The number of ether oxygens (including phenoxy) is 1. The molecule has 0 saturated carbocycles. The van der Waals surface area contributed by atoms with Crippen molar-refractivity contribution in [2.24, 2.45) is 13.0 Å². The Hall–Kier alpha value is -2.94. The number of nitrogens with one attached hydrogen (secondary N) is 2. The van der Waals surface area contributed by atoms with Gasteiger partial charge in [0.15, 0.2) is 0 Å². The molecule has 3 aromatic heterocycles. The first-order valence-electron chi connectivity index (χ1n) is 8.08. The minimum absolute atomic E-state index is 0.0393. The summed E-state index contributed by atoms with van der Waals surface area (Å²) in [5.41, 5.74) is 0.264. The van der Waals surface area contributed by atoms with Crippen LogP contribution in [0.5, 0.6) is 0 Å². The van der Waals surface area contributed by atoms with Gasteiger partial charge < -0.3 is 15.0 Å². The highest BCUT2D eigenvalue weighted by Crippen LogP contribution is 2.17. The van der Waals surface area contributed by atoms with Crippen molar-refractivity contribution in [2.45, 2.75) is 13.0 Å². The number of aromatic nitrogens is 5. The minimum atomic E-state index is -0.476. The Balaban J connectivity index is 1.57. The highest BCUT2D eigenvalue weighted by molar-refractivity contribution is 6.05. The van der Waals surface area contributed by atoms with Crippen molar-refractivity contribution in [2.75, 3.05) is 18.5 Å². The molecule has 1 fully saturated rings. The lowest BCUT2D eigenvalue weighted by Crippen LogP contribution is -2.24. The van der Waals surface area contributed by atoms with E-state index in [0.29, 0.717) is 35.9 Å². The second-order valence-electron chi connectivity index (χ2n) is 6.14. The molecule has 1 aliphatic rings. The molecule has 1 unspecified atom stereocenters. The number of amides is 1. The lowest BCUT2D eigenvalue weighted by atomic mass is 10.1. The van der Waals surface area contributed by atoms with Crippen LogP contribution >= 0.6 is 0 Å². The normalized spacial score (nSPS) is 17.2. The molecule has 0 radical (unpaired) electrons. The number of nitrogens with zero attached hydrogens (tertiary/aromatic N) is 4. The van der Waals surface area contributed by atoms with Gasteiger partial charge in [0.1, 0.15) is 17.0 Å². The fourth-order valence-corrected chi connectivity index (χ4v) is 3.03. The van der Waals surface area contributed by atoms with E-state index in [4.69, 9.17) is 4.74 Å². The number of anilines is 1. The number of carbonyl (C=O) groups is 1. The molecule has 4 rings (SSSR count). The van der Waals surface area contributed by atoms with Gasteiger partial charge in [0, 0.05) is 38.4 Å². The van der Waals surface area contributed by atoms with Crippen LogP contribution in [0.1, 0.15) is 16.8 Å². The van der Waals surface area contributed by atoms with E-state index in [1.54, 1.807) is 28.7 Å². The molecular formula is C16H18N6O3. The zero-order valence-corrected chi connectivity index (χ0v) is 13.7. The minimum Gasteiger partial charge on any atom is -0.381 e. The van der Waals surface area contributed by atoms with Crippen LogP contribution in [-0.4, -0.2) is 43.7 Å². The monoisotopic (exact) mass is 342 g/mol. The maximum Gasteiger partial charge on any atom is 0.262 e. The number of fused-ring (bicyclic) bond motifs is 1. The molecule has 1 saturated heterocycles. The first-order valence-corrected chi connectivity index (χ1v) is 8.08. The maximum absolute atomic E-state index is 12.5. The summed E-state index contributed by atoms with van der Waals surface area (Å²) in [7, 11) is 1.73. The zero-order chi connectivity index (χ0) is 17.4. The van der Waals surface area contributed by atoms with Gasteiger partial charge in [-0.3, -0.25) is 14.3 Å². The first-order chi connectivity index (χ1) is 12.1. The molecule has 0 aromatic carbocycles. The molecule has 0 spiro atoms. The number of rotatable bonds is 4. The van der Waals surface area contributed by atoms with E-state index in [1.165, 1.54) is 12.4 Å². The van der Waals surface area contributed by atoms with Crippen LogP contribution in [0.25, 0.3) is 11.0 Å². The van der Waals surface area contributed by atoms with E-state index in [2.05, 4.69) is 20.5 Å². The van der Waals surface area contributed by atoms with Crippen molar-refractivity contribution in [3.05, 3.63) is 40.4 Å². The average Bonchev–Trinajstić information content (AvgIpc) is 3.32. The molecule has 1 amide bonds. The van der Waals surface area contributed by atoms with Crippen LogP contribution in [0.15, 0.2) is 29.5 Å². The zero-order valence-electron chi connectivity index (χ0n) is 13.7. The Kier molecular flexibility index (Phi) is 3.85. The third kappa shape index (κ3) is 2.82. The number of H-pyrrole nitrogens is 1. The van der Waals surface area contributed by atoms with Crippen molar-refractivity contribution < 1.29 is 9.53 Å². The Bertz CT molecular complexity index is 979. The molecule has 0 aliphatic carbocycles. The van der Waals surface area contributed by atoms with Crippen molar-refractivity contribution in [1.29, 1.82) is 0 Å². The van der Waals surface area contributed by atoms with Crippen molar-refractivity contribution in [3.8, 4) is 0 Å². The summed E-state index contributed by atoms with van der Waals surface area (Å²) in [4.78, 5) is 28.0. The number of aromatic amines is 1. The Morgan fingerprint density at radius 3 is 3.16 bits per heavy atom. The quantitative estimate of drug-likeness (QED) is 0.727. The molecule has 1 aliphatic heterocycles. The Labute approximate surface area is 142 Å². The Morgan fingerprint density at radius 1 is 1.48 bits per heavy atom. The average molecular weight is 342 g/mol. The number of hydrogen-bond acceptors (Lipinski definition) is 5. The third-order valence-electron chi connectivity index (χ3n) is 4.44. The van der Waals surface area contributed by atoms with Crippen LogP contribution in [-0.2, 0) is 18.3 Å². The number of hydrogen-bond donors (Lipinski definition) is 2. The summed E-state index contributed by atoms with van der Waals surface area (Å²) in [6, 6.07) is 1.71. The predicted octanol–water partition coefficient (Wildman–Crippen LogP) is 0.747. The van der Waals surface area contributed by atoms with Gasteiger partial charge in [0.05, 0.1) is 24.4 Å². The van der Waals surface area contributed by atoms with E-state index in [0.717, 1.165) is 13.0 Å². The van der Waals surface area contributed by atoms with Gasteiger partial charge >= 0.3 is 0 Å². The summed E-state index contributed by atoms with van der Waals surface area (Å²) < 4.78 is 8.66. The molecule has 9 nitrogen and oxygen atoms in total.